The molecule has 0 aromatic heterocycles. The summed E-state index contributed by atoms with van der Waals surface area (Å²) >= 11 is 0. The number of carbonyl (C=O) groups is 1. The molecule has 3 N–H and O–H groups in total. The number of carbonyl (C=O) groups excluding carboxylic acids is 1. The van der Waals surface area contributed by atoms with Crippen LogP contribution in [0.1, 0.15) is 20.3 Å². The first-order valence-corrected chi connectivity index (χ1v) is 8.52. The lowest BCUT2D eigenvalue weighted by molar-refractivity contribution is -0.175. The summed E-state index contributed by atoms with van der Waals surface area (Å²) in [5.74, 6) is -0.347. The van der Waals surface area contributed by atoms with Crippen LogP contribution >= 0.6 is 0 Å². The summed E-state index contributed by atoms with van der Waals surface area (Å²) in [6.07, 6.45) is 2.29. The van der Waals surface area contributed by atoms with Crippen LogP contribution in [0.25, 0.3) is 0 Å². The molecule has 0 aromatic carbocycles. The SMILES string of the molecule is CC1(C)C2OCCC2C1(N)C(=O)NC1C=CS(=O)(=O)C1. The molecule has 0 spiro atoms. The minimum atomic E-state index is -3.18. The van der Waals surface area contributed by atoms with Crippen LogP contribution in [0, 0.1) is 11.3 Å². The Morgan fingerprint density at radius 1 is 1.45 bits per heavy atom. The summed E-state index contributed by atoms with van der Waals surface area (Å²) in [4.78, 5) is 12.6. The molecule has 7 heteroatoms. The minimum Gasteiger partial charge on any atom is -0.377 e. The fourth-order valence-electron chi connectivity index (χ4n) is 3.80. The third-order valence-corrected chi connectivity index (χ3v) is 6.47. The highest BCUT2D eigenvalue weighted by molar-refractivity contribution is 7.94. The molecule has 4 atom stereocenters. The standard InChI is InChI=1S/C13H20N2O4S/c1-12(2)10-9(3-5-19-10)13(12,14)11(16)15-8-4-6-20(17,18)7-8/h4,6,8-10H,3,5,7,14H2,1-2H3,(H,15,16). The second-order valence-electron chi connectivity index (χ2n) is 6.52. The number of hydrogen-bond donors (Lipinski definition) is 2. The normalized spacial score (nSPS) is 43.9. The zero-order valence-electron chi connectivity index (χ0n) is 11.6. The number of sulfone groups is 1. The van der Waals surface area contributed by atoms with Gasteiger partial charge in [-0.05, 0) is 12.5 Å². The Balaban J connectivity index is 1.76. The van der Waals surface area contributed by atoms with Gasteiger partial charge < -0.3 is 15.8 Å². The zero-order valence-corrected chi connectivity index (χ0v) is 12.4. The molecule has 0 bridgehead atoms. The van der Waals surface area contributed by atoms with E-state index in [1.165, 1.54) is 6.08 Å². The van der Waals surface area contributed by atoms with Gasteiger partial charge >= 0.3 is 0 Å². The van der Waals surface area contributed by atoms with E-state index in [4.69, 9.17) is 10.5 Å². The third kappa shape index (κ3) is 1.69. The highest BCUT2D eigenvalue weighted by Crippen LogP contribution is 2.58. The number of ether oxygens (including phenoxy) is 1. The number of nitrogens with two attached hydrogens (primary N) is 1. The number of rotatable bonds is 2. The molecule has 0 aromatic rings. The molecule has 2 aliphatic heterocycles. The lowest BCUT2D eigenvalue weighted by Gasteiger charge is -2.60. The minimum absolute atomic E-state index is 0.0134. The van der Waals surface area contributed by atoms with Crippen molar-refractivity contribution in [2.24, 2.45) is 17.1 Å². The van der Waals surface area contributed by atoms with Crippen molar-refractivity contribution in [2.45, 2.75) is 38.0 Å². The fourth-order valence-corrected chi connectivity index (χ4v) is 5.03. The van der Waals surface area contributed by atoms with Crippen molar-refractivity contribution >= 4 is 15.7 Å². The molecular weight excluding hydrogens is 280 g/mol. The largest absolute Gasteiger partial charge is 0.377 e. The Bertz CT molecular complexity index is 583. The van der Waals surface area contributed by atoms with Crippen LogP contribution in [0.3, 0.4) is 0 Å². The van der Waals surface area contributed by atoms with Gasteiger partial charge in [-0.3, -0.25) is 4.79 Å². The van der Waals surface area contributed by atoms with Crippen LogP contribution in [0.15, 0.2) is 11.5 Å². The first kappa shape index (κ1) is 14.0. The van der Waals surface area contributed by atoms with Crippen molar-refractivity contribution in [1.29, 1.82) is 0 Å². The second kappa shape index (κ2) is 4.05. The molecule has 2 heterocycles. The molecule has 1 amide bonds. The van der Waals surface area contributed by atoms with E-state index in [2.05, 4.69) is 5.32 Å². The Hall–Kier alpha value is -0.920. The lowest BCUT2D eigenvalue weighted by atomic mass is 9.48. The number of fused-ring (bicyclic) bond motifs is 1. The van der Waals surface area contributed by atoms with E-state index in [1.54, 1.807) is 0 Å². The topological polar surface area (TPSA) is 98.5 Å². The average molecular weight is 300 g/mol. The van der Waals surface area contributed by atoms with Gasteiger partial charge in [0.25, 0.3) is 0 Å². The molecule has 1 aliphatic carbocycles. The van der Waals surface area contributed by atoms with Crippen LogP contribution in [0.2, 0.25) is 0 Å². The van der Waals surface area contributed by atoms with E-state index in [0.717, 1.165) is 11.8 Å². The highest BCUT2D eigenvalue weighted by Gasteiger charge is 2.71. The fraction of sp³-hybridized carbons (Fsp3) is 0.769. The van der Waals surface area contributed by atoms with Gasteiger partial charge in [0, 0.05) is 23.3 Å². The Kier molecular flexibility index (Phi) is 2.84. The van der Waals surface area contributed by atoms with Gasteiger partial charge in [0.2, 0.25) is 5.91 Å². The molecule has 1 saturated carbocycles. The summed E-state index contributed by atoms with van der Waals surface area (Å²) in [6.45, 7) is 4.49. The van der Waals surface area contributed by atoms with E-state index in [-0.39, 0.29) is 23.7 Å². The van der Waals surface area contributed by atoms with Crippen LogP contribution in [-0.4, -0.2) is 44.4 Å². The third-order valence-electron chi connectivity index (χ3n) is 5.08. The molecule has 112 valence electrons. The quantitative estimate of drug-likeness (QED) is 0.720. The molecule has 20 heavy (non-hydrogen) atoms. The Morgan fingerprint density at radius 3 is 2.75 bits per heavy atom. The van der Waals surface area contributed by atoms with Gasteiger partial charge in [-0.15, -0.1) is 0 Å². The number of amides is 1. The predicted octanol–water partition coefficient (Wildman–Crippen LogP) is -0.444. The lowest BCUT2D eigenvalue weighted by Crippen LogP contribution is -2.80. The van der Waals surface area contributed by atoms with Gasteiger partial charge in [0.1, 0.15) is 5.54 Å². The smallest absolute Gasteiger partial charge is 0.241 e. The average Bonchev–Trinajstić information content (AvgIpc) is 2.93. The highest BCUT2D eigenvalue weighted by atomic mass is 32.2. The molecule has 6 nitrogen and oxygen atoms in total. The summed E-state index contributed by atoms with van der Waals surface area (Å²) in [7, 11) is -3.18. The van der Waals surface area contributed by atoms with E-state index in [0.29, 0.717) is 6.61 Å². The Morgan fingerprint density at radius 2 is 2.15 bits per heavy atom. The second-order valence-corrected chi connectivity index (χ2v) is 8.45. The van der Waals surface area contributed by atoms with Gasteiger partial charge in [-0.2, -0.15) is 0 Å². The van der Waals surface area contributed by atoms with Crippen molar-refractivity contribution < 1.29 is 17.9 Å². The van der Waals surface area contributed by atoms with Crippen molar-refractivity contribution in [2.75, 3.05) is 12.4 Å². The molecular formula is C13H20N2O4S. The maximum absolute atomic E-state index is 12.6. The van der Waals surface area contributed by atoms with Crippen molar-refractivity contribution in [1.82, 2.24) is 5.32 Å². The van der Waals surface area contributed by atoms with Crippen molar-refractivity contribution in [3.63, 3.8) is 0 Å². The van der Waals surface area contributed by atoms with Gasteiger partial charge in [-0.25, -0.2) is 8.42 Å². The zero-order chi connectivity index (χ0) is 14.8. The number of hydrogen-bond acceptors (Lipinski definition) is 5. The monoisotopic (exact) mass is 300 g/mol. The molecule has 3 rings (SSSR count). The van der Waals surface area contributed by atoms with Crippen molar-refractivity contribution in [3.05, 3.63) is 11.5 Å². The van der Waals surface area contributed by atoms with Crippen LogP contribution < -0.4 is 11.1 Å². The molecule has 3 aliphatic rings. The maximum atomic E-state index is 12.6. The molecule has 2 fully saturated rings. The maximum Gasteiger partial charge on any atom is 0.241 e. The van der Waals surface area contributed by atoms with Gasteiger partial charge in [0.05, 0.1) is 17.9 Å². The predicted molar refractivity (Wildman–Crippen MR) is 73.4 cm³/mol. The summed E-state index contributed by atoms with van der Waals surface area (Å²) in [6, 6.07) is -0.481. The van der Waals surface area contributed by atoms with E-state index >= 15 is 0 Å². The first-order chi connectivity index (χ1) is 9.18. The number of nitrogens with one attached hydrogen (secondary N) is 1. The Labute approximate surface area is 118 Å². The van der Waals surface area contributed by atoms with Gasteiger partial charge in [0.15, 0.2) is 9.84 Å². The van der Waals surface area contributed by atoms with Gasteiger partial charge in [-0.1, -0.05) is 13.8 Å². The summed E-state index contributed by atoms with van der Waals surface area (Å²) in [5, 5.41) is 3.91. The first-order valence-electron chi connectivity index (χ1n) is 6.81. The molecule has 1 saturated heterocycles. The van der Waals surface area contributed by atoms with Crippen LogP contribution in [0.5, 0.6) is 0 Å². The molecule has 4 unspecified atom stereocenters. The van der Waals surface area contributed by atoms with Crippen LogP contribution in [-0.2, 0) is 19.4 Å². The van der Waals surface area contributed by atoms with E-state index in [9.17, 15) is 13.2 Å². The van der Waals surface area contributed by atoms with Crippen LogP contribution in [0.4, 0.5) is 0 Å². The summed E-state index contributed by atoms with van der Waals surface area (Å²) in [5.41, 5.74) is 4.95. The summed E-state index contributed by atoms with van der Waals surface area (Å²) < 4.78 is 28.4. The van der Waals surface area contributed by atoms with E-state index < -0.39 is 26.8 Å². The van der Waals surface area contributed by atoms with Crippen molar-refractivity contribution in [3.8, 4) is 0 Å². The van der Waals surface area contributed by atoms with E-state index in [1.807, 2.05) is 13.8 Å². The molecule has 0 radical (unpaired) electrons.